The summed E-state index contributed by atoms with van der Waals surface area (Å²) in [5, 5.41) is 0. The van der Waals surface area contributed by atoms with Gasteiger partial charge in [0.05, 0.1) is 0 Å². The van der Waals surface area contributed by atoms with Gasteiger partial charge in [0.2, 0.25) is 0 Å². The van der Waals surface area contributed by atoms with Crippen molar-refractivity contribution in [1.82, 2.24) is 6.15 Å². The second-order valence-electron chi connectivity index (χ2n) is 0.0680. The fraction of sp³-hybridized carbons (Fsp3) is 0. The first-order chi connectivity index (χ1) is 1.41. The first-order valence-electron chi connectivity index (χ1n) is 0.333. The van der Waals surface area contributed by atoms with Crippen LogP contribution < -0.4 is 6.15 Å². The molecule has 4 heavy (non-hydrogen) atoms. The number of rotatable bonds is 0. The van der Waals surface area contributed by atoms with Crippen LogP contribution in [0.3, 0.4) is 0 Å². The summed E-state index contributed by atoms with van der Waals surface area (Å²) in [6.07, 6.45) is 0. The molecule has 3 N–H and O–H groups in total. The van der Waals surface area contributed by atoms with Crippen LogP contribution in [0.15, 0.2) is 0 Å². The van der Waals surface area contributed by atoms with Gasteiger partial charge >= 0.3 is 0 Å². The second kappa shape index (κ2) is 10.8. The van der Waals surface area contributed by atoms with Crippen molar-refractivity contribution in [3.05, 3.63) is 0 Å². The van der Waals surface area contributed by atoms with Gasteiger partial charge in [0, 0.05) is 11.2 Å². The Kier molecular flexibility index (Phi) is 23.9. The van der Waals surface area contributed by atoms with E-state index in [1.165, 1.54) is 0 Å². The van der Waals surface area contributed by atoms with Crippen LogP contribution in [0.25, 0.3) is 0 Å². The normalized spacial score (nSPS) is 3.00. The van der Waals surface area contributed by atoms with E-state index in [9.17, 15) is 0 Å². The van der Waals surface area contributed by atoms with Gasteiger partial charge in [-0.1, -0.05) is 0 Å². The Morgan fingerprint density at radius 3 is 1.75 bits per heavy atom. The van der Waals surface area contributed by atoms with Gasteiger partial charge in [-0.05, 0) is 0 Å². The largest absolute Gasteiger partial charge is 0.344 e. The molecule has 0 rings (SSSR count). The maximum absolute atomic E-state index is 8.66. The van der Waals surface area contributed by atoms with Crippen LogP contribution in [0.2, 0.25) is 0 Å². The predicted octanol–water partition coefficient (Wildman–Crippen LogP) is -0.177. The second-order valence-corrected chi connectivity index (χ2v) is 0.612. The minimum Gasteiger partial charge on any atom is -0.344 e. The molecular formula is H3NOS2. The van der Waals surface area contributed by atoms with Gasteiger partial charge < -0.3 is 6.15 Å². The molecule has 0 aromatic carbocycles. The van der Waals surface area contributed by atoms with Crippen LogP contribution in [0.4, 0.5) is 0 Å². The first kappa shape index (κ1) is 8.89. The highest BCUT2D eigenvalue weighted by atomic mass is 32.8. The van der Waals surface area contributed by atoms with Crippen LogP contribution in [0.5, 0.6) is 0 Å². The zero-order chi connectivity index (χ0) is 2.71. The molecule has 0 spiro atoms. The molecule has 0 aliphatic carbocycles. The summed E-state index contributed by atoms with van der Waals surface area (Å²) in [6.45, 7) is 0. The molecular weight excluding hydrogens is 94.1 g/mol. The molecule has 0 atom stereocenters. The summed E-state index contributed by atoms with van der Waals surface area (Å²) >= 11 is 3.75. The van der Waals surface area contributed by atoms with Gasteiger partial charge in [0.1, 0.15) is 0 Å². The van der Waals surface area contributed by atoms with Gasteiger partial charge in [0.15, 0.2) is 10.2 Å². The third kappa shape index (κ3) is 79.2. The Balaban J connectivity index is 0. The minimum absolute atomic E-state index is 0. The summed E-state index contributed by atoms with van der Waals surface area (Å²) < 4.78 is 8.66. The highest BCUT2D eigenvalue weighted by Crippen LogP contribution is 0.930. The van der Waals surface area contributed by atoms with Crippen molar-refractivity contribution in [2.75, 3.05) is 0 Å². The van der Waals surface area contributed by atoms with Crippen molar-refractivity contribution >= 4 is 21.4 Å². The topological polar surface area (TPSA) is 52.1 Å². The SMILES string of the molecule is N.O=S=S. The van der Waals surface area contributed by atoms with Gasteiger partial charge in [0.25, 0.3) is 0 Å². The van der Waals surface area contributed by atoms with E-state index in [0.717, 1.165) is 0 Å². The highest BCUT2D eigenvalue weighted by Gasteiger charge is 1.06. The van der Waals surface area contributed by atoms with Gasteiger partial charge in [-0.2, -0.15) is 4.21 Å². The molecule has 0 bridgehead atoms. The quantitative estimate of drug-likeness (QED) is 0.456. The van der Waals surface area contributed by atoms with E-state index in [1.54, 1.807) is 0 Å². The fourth-order valence-corrected chi connectivity index (χ4v) is 0. The monoisotopic (exact) mass is 97.0 g/mol. The Bertz CT molecular complexity index is 27.0. The molecule has 0 unspecified atom stereocenters. The Morgan fingerprint density at radius 2 is 1.75 bits per heavy atom. The average Bonchev–Trinajstić information content (AvgIpc) is 0.918. The lowest BCUT2D eigenvalue weighted by atomic mass is 14.0. The van der Waals surface area contributed by atoms with Crippen molar-refractivity contribution in [3.63, 3.8) is 0 Å². The van der Waals surface area contributed by atoms with Gasteiger partial charge in [-0.25, -0.2) is 0 Å². The summed E-state index contributed by atoms with van der Waals surface area (Å²) in [7, 11) is 0.0833. The van der Waals surface area contributed by atoms with Crippen molar-refractivity contribution < 1.29 is 4.21 Å². The van der Waals surface area contributed by atoms with Crippen molar-refractivity contribution in [1.29, 1.82) is 0 Å². The lowest BCUT2D eigenvalue weighted by Crippen LogP contribution is -1.10. The van der Waals surface area contributed by atoms with E-state index in [4.69, 9.17) is 4.21 Å². The zero-order valence-corrected chi connectivity index (χ0v) is 3.56. The smallest absolute Gasteiger partial charge is 0.168 e. The Hall–Kier alpha value is 0.200. The Morgan fingerprint density at radius 1 is 1.75 bits per heavy atom. The molecule has 0 aliphatic rings. The van der Waals surface area contributed by atoms with E-state index in [0.29, 0.717) is 0 Å². The lowest BCUT2D eigenvalue weighted by molar-refractivity contribution is 0.702. The van der Waals surface area contributed by atoms with E-state index >= 15 is 0 Å². The molecule has 0 aliphatic heterocycles. The van der Waals surface area contributed by atoms with Crippen LogP contribution in [0, 0.1) is 0 Å². The molecule has 0 saturated carbocycles. The first-order valence-corrected chi connectivity index (χ1v) is 2.00. The van der Waals surface area contributed by atoms with Crippen molar-refractivity contribution in [3.8, 4) is 0 Å². The third-order valence-electron chi connectivity index (χ3n) is 0. The number of hydrogen-bond donors (Lipinski definition) is 1. The predicted molar refractivity (Wildman–Crippen MR) is 20.5 cm³/mol. The average molecular weight is 97.2 g/mol. The minimum atomic E-state index is 0. The zero-order valence-electron chi connectivity index (χ0n) is 1.93. The molecule has 2 nitrogen and oxygen atoms in total. The lowest BCUT2D eigenvalue weighted by Gasteiger charge is -0.974. The van der Waals surface area contributed by atoms with Crippen LogP contribution in [-0.2, 0) is 21.4 Å². The van der Waals surface area contributed by atoms with E-state index in [2.05, 4.69) is 11.2 Å². The summed E-state index contributed by atoms with van der Waals surface area (Å²) in [6, 6.07) is 0. The maximum atomic E-state index is 8.66. The number of hydrogen-bond acceptors (Lipinski definition) is 3. The third-order valence-corrected chi connectivity index (χ3v) is 0. The van der Waals surface area contributed by atoms with Gasteiger partial charge in [-0.15, -0.1) is 0 Å². The summed E-state index contributed by atoms with van der Waals surface area (Å²) in [4.78, 5) is 0. The molecule has 4 heteroatoms. The van der Waals surface area contributed by atoms with Crippen LogP contribution in [0.1, 0.15) is 0 Å². The van der Waals surface area contributed by atoms with E-state index in [1.807, 2.05) is 0 Å². The van der Waals surface area contributed by atoms with Crippen molar-refractivity contribution in [2.24, 2.45) is 0 Å². The molecule has 0 aromatic rings. The van der Waals surface area contributed by atoms with Crippen LogP contribution >= 0.6 is 0 Å². The molecule has 0 aromatic heterocycles. The van der Waals surface area contributed by atoms with E-state index < -0.39 is 0 Å². The molecule has 0 heterocycles. The van der Waals surface area contributed by atoms with E-state index in [-0.39, 0.29) is 16.4 Å². The van der Waals surface area contributed by atoms with Crippen LogP contribution in [-0.4, -0.2) is 4.21 Å². The molecule has 0 saturated heterocycles. The Labute approximate surface area is 32.5 Å². The standard InChI is InChI=1S/H3N.OS2/c;1-3-2/h1H3;. The maximum Gasteiger partial charge on any atom is 0.168 e. The highest BCUT2D eigenvalue weighted by molar-refractivity contribution is 8.11. The van der Waals surface area contributed by atoms with Crippen molar-refractivity contribution in [2.45, 2.75) is 0 Å². The molecule has 0 radical (unpaired) electrons. The summed E-state index contributed by atoms with van der Waals surface area (Å²) in [5.41, 5.74) is 0. The summed E-state index contributed by atoms with van der Waals surface area (Å²) in [5.74, 6) is 0. The van der Waals surface area contributed by atoms with Gasteiger partial charge in [-0.3, -0.25) is 0 Å². The molecule has 0 fully saturated rings. The molecule has 0 amide bonds. The fourth-order valence-electron chi connectivity index (χ4n) is 0. The molecule has 26 valence electrons.